The van der Waals surface area contributed by atoms with E-state index in [1.165, 1.54) is 6.07 Å². The fraction of sp³-hybridized carbons (Fsp3) is 0.364. The van der Waals surface area contributed by atoms with Crippen molar-refractivity contribution in [1.29, 1.82) is 0 Å². The summed E-state index contributed by atoms with van der Waals surface area (Å²) in [5.41, 5.74) is -0.191. The van der Waals surface area contributed by atoms with Crippen LogP contribution in [0.3, 0.4) is 0 Å². The van der Waals surface area contributed by atoms with Gasteiger partial charge in [0.2, 0.25) is 5.91 Å². The number of halogens is 3. The number of benzene rings is 2. The topological polar surface area (TPSA) is 61.4 Å². The second kappa shape index (κ2) is 7.66. The average molecular weight is 417 g/mol. The molecule has 158 valence electrons. The summed E-state index contributed by atoms with van der Waals surface area (Å²) in [5.74, 6) is -0.317. The molecule has 1 aliphatic carbocycles. The number of nitrogens with one attached hydrogen (secondary N) is 2. The van der Waals surface area contributed by atoms with Gasteiger partial charge in [-0.25, -0.2) is 4.79 Å². The molecule has 2 aliphatic rings. The Labute approximate surface area is 172 Å². The van der Waals surface area contributed by atoms with E-state index in [4.69, 9.17) is 0 Å². The van der Waals surface area contributed by atoms with Crippen molar-refractivity contribution >= 4 is 23.3 Å². The number of carbonyl (C=O) groups is 2. The molecule has 5 nitrogen and oxygen atoms in total. The fourth-order valence-corrected chi connectivity index (χ4v) is 4.34. The van der Waals surface area contributed by atoms with E-state index in [2.05, 4.69) is 10.6 Å². The van der Waals surface area contributed by atoms with E-state index in [0.717, 1.165) is 25.0 Å². The van der Waals surface area contributed by atoms with Crippen molar-refractivity contribution in [3.63, 3.8) is 0 Å². The summed E-state index contributed by atoms with van der Waals surface area (Å²) in [6.07, 6.45) is -1.92. The van der Waals surface area contributed by atoms with Crippen LogP contribution < -0.4 is 15.5 Å². The normalized spacial score (nSPS) is 18.4. The molecule has 2 N–H and O–H groups in total. The Morgan fingerprint density at radius 1 is 1.07 bits per heavy atom. The molecule has 1 heterocycles. The molecule has 0 aromatic heterocycles. The number of anilines is 2. The Kier molecular flexibility index (Phi) is 5.17. The number of carbonyl (C=O) groups excluding carboxylic acids is 2. The third kappa shape index (κ3) is 3.74. The van der Waals surface area contributed by atoms with E-state index in [0.29, 0.717) is 42.9 Å². The Morgan fingerprint density at radius 3 is 2.47 bits per heavy atom. The highest BCUT2D eigenvalue weighted by molar-refractivity contribution is 6.00. The molecule has 0 unspecified atom stereocenters. The zero-order valence-electron chi connectivity index (χ0n) is 16.3. The number of hydrogen-bond donors (Lipinski definition) is 2. The summed E-state index contributed by atoms with van der Waals surface area (Å²) in [6.45, 7) is 1.08. The minimum atomic E-state index is -4.46. The predicted octanol–water partition coefficient (Wildman–Crippen LogP) is 4.69. The van der Waals surface area contributed by atoms with Crippen molar-refractivity contribution in [2.24, 2.45) is 0 Å². The fourth-order valence-electron chi connectivity index (χ4n) is 4.34. The molecule has 4 rings (SSSR count). The van der Waals surface area contributed by atoms with E-state index in [1.807, 2.05) is 0 Å². The smallest absolute Gasteiger partial charge is 0.336 e. The lowest BCUT2D eigenvalue weighted by molar-refractivity contribution is -0.137. The van der Waals surface area contributed by atoms with Crippen LogP contribution in [0.2, 0.25) is 0 Å². The largest absolute Gasteiger partial charge is 0.416 e. The monoisotopic (exact) mass is 417 g/mol. The molecule has 0 atom stereocenters. The van der Waals surface area contributed by atoms with Crippen LogP contribution in [0.1, 0.15) is 36.8 Å². The molecule has 0 radical (unpaired) electrons. The highest BCUT2D eigenvalue weighted by Gasteiger charge is 2.44. The molecular weight excluding hydrogens is 395 g/mol. The van der Waals surface area contributed by atoms with E-state index in [9.17, 15) is 22.8 Å². The molecule has 2 aromatic rings. The van der Waals surface area contributed by atoms with Gasteiger partial charge in [-0.15, -0.1) is 0 Å². The first-order valence-corrected chi connectivity index (χ1v) is 9.94. The molecular formula is C22H22F3N3O2. The standard InChI is InChI=1S/C22H22F3N3O2/c23-22(24,25)16-6-3-5-15(13-16)21(9-1-2-10-21)19(29)27-17-7-4-8-18(14-17)28-12-11-26-20(28)30/h3-8,13-14H,1-2,9-12H2,(H,26,30)(H,27,29). The Morgan fingerprint density at radius 2 is 1.80 bits per heavy atom. The van der Waals surface area contributed by atoms with Gasteiger partial charge in [-0.1, -0.05) is 37.1 Å². The maximum absolute atomic E-state index is 13.3. The third-order valence-electron chi connectivity index (χ3n) is 5.91. The van der Waals surface area contributed by atoms with Crippen molar-refractivity contribution in [3.05, 3.63) is 59.7 Å². The number of hydrogen-bond acceptors (Lipinski definition) is 2. The molecule has 1 aliphatic heterocycles. The zero-order chi connectivity index (χ0) is 21.4. The zero-order valence-corrected chi connectivity index (χ0v) is 16.3. The molecule has 30 heavy (non-hydrogen) atoms. The number of amides is 3. The maximum atomic E-state index is 13.3. The minimum absolute atomic E-state index is 0.199. The van der Waals surface area contributed by atoms with E-state index in [-0.39, 0.29) is 11.9 Å². The summed E-state index contributed by atoms with van der Waals surface area (Å²) < 4.78 is 39.6. The van der Waals surface area contributed by atoms with Crippen LogP contribution in [-0.4, -0.2) is 25.0 Å². The molecule has 2 fully saturated rings. The number of alkyl halides is 3. The van der Waals surface area contributed by atoms with Gasteiger partial charge in [0, 0.05) is 24.5 Å². The van der Waals surface area contributed by atoms with Crippen LogP contribution in [0.25, 0.3) is 0 Å². The summed E-state index contributed by atoms with van der Waals surface area (Å²) in [6, 6.07) is 11.8. The van der Waals surface area contributed by atoms with E-state index >= 15 is 0 Å². The lowest BCUT2D eigenvalue weighted by Crippen LogP contribution is -2.38. The molecule has 0 spiro atoms. The first-order chi connectivity index (χ1) is 14.3. The summed E-state index contributed by atoms with van der Waals surface area (Å²) in [4.78, 5) is 26.8. The molecule has 3 amide bonds. The first kappa shape index (κ1) is 20.3. The van der Waals surface area contributed by atoms with Crippen molar-refractivity contribution in [2.75, 3.05) is 23.3 Å². The molecule has 1 saturated carbocycles. The molecule has 0 bridgehead atoms. The Bertz CT molecular complexity index is 968. The van der Waals surface area contributed by atoms with Gasteiger partial charge in [-0.2, -0.15) is 13.2 Å². The second-order valence-corrected chi connectivity index (χ2v) is 7.76. The van der Waals surface area contributed by atoms with Gasteiger partial charge in [0.15, 0.2) is 0 Å². The predicted molar refractivity (Wildman–Crippen MR) is 107 cm³/mol. The molecule has 8 heteroatoms. The van der Waals surface area contributed by atoms with Crippen molar-refractivity contribution < 1.29 is 22.8 Å². The van der Waals surface area contributed by atoms with Gasteiger partial charge < -0.3 is 10.6 Å². The molecule has 2 aromatic carbocycles. The van der Waals surface area contributed by atoms with Gasteiger partial charge >= 0.3 is 12.2 Å². The highest BCUT2D eigenvalue weighted by atomic mass is 19.4. The lowest BCUT2D eigenvalue weighted by Gasteiger charge is -2.29. The lowest BCUT2D eigenvalue weighted by atomic mass is 9.77. The Balaban J connectivity index is 1.62. The van der Waals surface area contributed by atoms with Crippen LogP contribution >= 0.6 is 0 Å². The van der Waals surface area contributed by atoms with Crippen molar-refractivity contribution in [1.82, 2.24) is 5.32 Å². The minimum Gasteiger partial charge on any atom is -0.336 e. The highest BCUT2D eigenvalue weighted by Crippen LogP contribution is 2.43. The van der Waals surface area contributed by atoms with Gasteiger partial charge in [0.25, 0.3) is 0 Å². The average Bonchev–Trinajstić information content (AvgIpc) is 3.37. The Hall–Kier alpha value is -3.03. The van der Waals surface area contributed by atoms with Crippen LogP contribution in [0.4, 0.5) is 29.3 Å². The van der Waals surface area contributed by atoms with Gasteiger partial charge in [-0.3, -0.25) is 9.69 Å². The van der Waals surface area contributed by atoms with Crippen LogP contribution in [0.15, 0.2) is 48.5 Å². The quantitative estimate of drug-likeness (QED) is 0.759. The van der Waals surface area contributed by atoms with Gasteiger partial charge in [0.1, 0.15) is 0 Å². The van der Waals surface area contributed by atoms with E-state index < -0.39 is 17.2 Å². The maximum Gasteiger partial charge on any atom is 0.416 e. The molecule has 1 saturated heterocycles. The first-order valence-electron chi connectivity index (χ1n) is 9.94. The van der Waals surface area contributed by atoms with Crippen LogP contribution in [0.5, 0.6) is 0 Å². The van der Waals surface area contributed by atoms with E-state index in [1.54, 1.807) is 35.2 Å². The number of rotatable bonds is 4. The number of nitrogens with zero attached hydrogens (tertiary/aromatic N) is 1. The van der Waals surface area contributed by atoms with Gasteiger partial charge in [-0.05, 0) is 42.7 Å². The SMILES string of the molecule is O=C1NCCN1c1cccc(NC(=O)C2(c3cccc(C(F)(F)F)c3)CCCC2)c1. The number of urea groups is 1. The second-order valence-electron chi connectivity index (χ2n) is 7.76. The summed E-state index contributed by atoms with van der Waals surface area (Å²) in [5, 5.41) is 5.61. The third-order valence-corrected chi connectivity index (χ3v) is 5.91. The summed E-state index contributed by atoms with van der Waals surface area (Å²) >= 11 is 0. The van der Waals surface area contributed by atoms with Crippen molar-refractivity contribution in [2.45, 2.75) is 37.3 Å². The van der Waals surface area contributed by atoms with Crippen LogP contribution in [0, 0.1) is 0 Å². The van der Waals surface area contributed by atoms with Crippen molar-refractivity contribution in [3.8, 4) is 0 Å². The van der Waals surface area contributed by atoms with Crippen LogP contribution in [-0.2, 0) is 16.4 Å². The summed E-state index contributed by atoms with van der Waals surface area (Å²) in [7, 11) is 0. The van der Waals surface area contributed by atoms with Gasteiger partial charge in [0.05, 0.1) is 11.0 Å².